The molecule has 2 nitrogen and oxygen atoms in total. The van der Waals surface area contributed by atoms with Crippen LogP contribution in [0.3, 0.4) is 0 Å². The Morgan fingerprint density at radius 2 is 2.06 bits per heavy atom. The van der Waals surface area contributed by atoms with Gasteiger partial charge in [-0.2, -0.15) is 13.2 Å². The summed E-state index contributed by atoms with van der Waals surface area (Å²) in [5.74, 6) is 0.0596. The number of hydrogen-bond acceptors (Lipinski definition) is 2. The Morgan fingerprint density at radius 1 is 1.39 bits per heavy atom. The lowest BCUT2D eigenvalue weighted by molar-refractivity contribution is -0.142. The molecular weight excluding hydrogens is 243 g/mol. The van der Waals surface area contributed by atoms with Crippen LogP contribution in [0.5, 0.6) is 0 Å². The van der Waals surface area contributed by atoms with Gasteiger partial charge in [0.25, 0.3) is 0 Å². The van der Waals surface area contributed by atoms with Crippen molar-refractivity contribution in [2.75, 3.05) is 0 Å². The largest absolute Gasteiger partial charge is 0.437 e. The topological polar surface area (TPSA) is 26.0 Å². The molecule has 0 saturated carbocycles. The van der Waals surface area contributed by atoms with Gasteiger partial charge in [0.1, 0.15) is 0 Å². The lowest BCUT2D eigenvalue weighted by Gasteiger charge is -2.05. The first-order chi connectivity index (χ1) is 8.43. The molecule has 0 bridgehead atoms. The molecule has 0 unspecified atom stereocenters. The summed E-state index contributed by atoms with van der Waals surface area (Å²) < 4.78 is 42.9. The molecule has 1 aromatic rings. The molecule has 1 heterocycles. The van der Waals surface area contributed by atoms with E-state index in [9.17, 15) is 13.2 Å². The molecule has 100 valence electrons. The van der Waals surface area contributed by atoms with Crippen molar-refractivity contribution in [2.45, 2.75) is 39.3 Å². The number of rotatable bonds is 5. The molecule has 1 rings (SSSR count). The van der Waals surface area contributed by atoms with Gasteiger partial charge >= 0.3 is 6.18 Å². The molecule has 0 atom stereocenters. The van der Waals surface area contributed by atoms with E-state index < -0.39 is 11.9 Å². The van der Waals surface area contributed by atoms with E-state index in [-0.39, 0.29) is 11.3 Å². The Bertz CT molecular complexity index is 444. The second-order valence-corrected chi connectivity index (χ2v) is 3.92. The predicted octanol–water partition coefficient (Wildman–Crippen LogP) is 4.93. The molecule has 1 aromatic heterocycles. The zero-order chi connectivity index (χ0) is 13.8. The van der Waals surface area contributed by atoms with Gasteiger partial charge in [-0.15, -0.1) is 0 Å². The summed E-state index contributed by atoms with van der Waals surface area (Å²) >= 11 is 0. The fraction of sp³-hybridized carbons (Fsp3) is 0.462. The van der Waals surface area contributed by atoms with E-state index in [4.69, 9.17) is 0 Å². The Kier molecular flexibility index (Phi) is 4.76. The van der Waals surface area contributed by atoms with E-state index in [0.717, 1.165) is 18.4 Å². The summed E-state index contributed by atoms with van der Waals surface area (Å²) in [6, 6.07) is 0. The minimum Gasteiger partial charge on any atom is -0.356 e. The number of nitrogens with zero attached hydrogens (tertiary/aromatic N) is 1. The zero-order valence-corrected chi connectivity index (χ0v) is 10.5. The predicted molar refractivity (Wildman–Crippen MR) is 64.8 cm³/mol. The Hall–Kier alpha value is -1.52. The quantitative estimate of drug-likeness (QED) is 0.749. The van der Waals surface area contributed by atoms with Crippen LogP contribution in [0.1, 0.15) is 50.1 Å². The fourth-order valence-electron chi connectivity index (χ4n) is 1.68. The second kappa shape index (κ2) is 5.89. The first-order valence-electron chi connectivity index (χ1n) is 5.82. The van der Waals surface area contributed by atoms with Crippen LogP contribution < -0.4 is 0 Å². The van der Waals surface area contributed by atoms with Crippen molar-refractivity contribution in [3.8, 4) is 0 Å². The number of allylic oxidation sites excluding steroid dienone is 1. The maximum atomic E-state index is 12.8. The smallest absolute Gasteiger partial charge is 0.356 e. The third-order valence-electron chi connectivity index (χ3n) is 2.58. The molecule has 5 heteroatoms. The van der Waals surface area contributed by atoms with E-state index >= 15 is 0 Å². The highest BCUT2D eigenvalue weighted by atomic mass is 19.4. The third kappa shape index (κ3) is 3.24. The first-order valence-corrected chi connectivity index (χ1v) is 5.82. The molecule has 18 heavy (non-hydrogen) atoms. The molecule has 0 spiro atoms. The highest BCUT2D eigenvalue weighted by Crippen LogP contribution is 2.34. The Balaban J connectivity index is 3.28. The van der Waals surface area contributed by atoms with Gasteiger partial charge in [0, 0.05) is 0 Å². The van der Waals surface area contributed by atoms with E-state index in [1.165, 1.54) is 12.2 Å². The van der Waals surface area contributed by atoms with E-state index in [1.807, 2.05) is 13.8 Å². The van der Waals surface area contributed by atoms with Gasteiger partial charge in [-0.05, 0) is 25.0 Å². The maximum absolute atomic E-state index is 12.8. The van der Waals surface area contributed by atoms with Gasteiger partial charge in [-0.25, -0.2) is 0 Å². The van der Waals surface area contributed by atoms with Crippen molar-refractivity contribution < 1.29 is 17.7 Å². The zero-order valence-electron chi connectivity index (χ0n) is 10.5. The van der Waals surface area contributed by atoms with Crippen molar-refractivity contribution >= 4 is 12.2 Å². The van der Waals surface area contributed by atoms with Crippen LogP contribution in [-0.2, 0) is 6.18 Å². The molecule has 0 aliphatic heterocycles. The van der Waals surface area contributed by atoms with Crippen molar-refractivity contribution in [2.24, 2.45) is 0 Å². The second-order valence-electron chi connectivity index (χ2n) is 3.92. The minimum atomic E-state index is -4.51. The van der Waals surface area contributed by atoms with Crippen LogP contribution >= 0.6 is 0 Å². The Labute approximate surface area is 104 Å². The average Bonchev–Trinajstić information content (AvgIpc) is 2.71. The normalized spacial score (nSPS) is 12.8. The molecule has 0 fully saturated rings. The van der Waals surface area contributed by atoms with Crippen molar-refractivity contribution in [1.29, 1.82) is 0 Å². The molecule has 0 radical (unpaired) electrons. The number of aromatic nitrogens is 1. The highest BCUT2D eigenvalue weighted by Gasteiger charge is 2.38. The number of alkyl halides is 3. The van der Waals surface area contributed by atoms with Gasteiger partial charge in [0.05, 0.1) is 5.56 Å². The standard InChI is InChI=1S/C13H16F3NO/c1-4-7-9(5-2)8-10-11(6-3)18-17-12(10)13(14,15)16/h6,8H,3-5,7H2,1-2H3/b9-8+. The van der Waals surface area contributed by atoms with E-state index in [1.54, 1.807) is 0 Å². The van der Waals surface area contributed by atoms with Gasteiger partial charge in [0.15, 0.2) is 11.5 Å². The molecule has 0 aromatic carbocycles. The van der Waals surface area contributed by atoms with Crippen LogP contribution in [0.2, 0.25) is 0 Å². The first kappa shape index (κ1) is 14.5. The van der Waals surface area contributed by atoms with Crippen LogP contribution in [0.4, 0.5) is 13.2 Å². The van der Waals surface area contributed by atoms with Gasteiger partial charge < -0.3 is 4.52 Å². The van der Waals surface area contributed by atoms with Crippen LogP contribution in [0.25, 0.3) is 12.2 Å². The summed E-state index contributed by atoms with van der Waals surface area (Å²) in [6.45, 7) is 7.33. The summed E-state index contributed by atoms with van der Waals surface area (Å²) in [6.07, 6.45) is 0.590. The number of halogens is 3. The van der Waals surface area contributed by atoms with Crippen molar-refractivity contribution in [3.63, 3.8) is 0 Å². The van der Waals surface area contributed by atoms with Crippen molar-refractivity contribution in [3.05, 3.63) is 29.2 Å². The molecule has 0 amide bonds. The maximum Gasteiger partial charge on any atom is 0.437 e. The van der Waals surface area contributed by atoms with Gasteiger partial charge in [-0.1, -0.05) is 37.6 Å². The third-order valence-corrected chi connectivity index (χ3v) is 2.58. The molecular formula is C13H16F3NO. The lowest BCUT2D eigenvalue weighted by Crippen LogP contribution is -2.07. The van der Waals surface area contributed by atoms with Crippen LogP contribution in [0.15, 0.2) is 16.7 Å². The molecule has 0 aliphatic carbocycles. The molecule has 0 N–H and O–H groups in total. The summed E-state index contributed by atoms with van der Waals surface area (Å²) in [4.78, 5) is 0. The SMILES string of the molecule is C=Cc1onc(C(F)(F)F)c1/C=C(\CC)CCC. The average molecular weight is 259 g/mol. The summed E-state index contributed by atoms with van der Waals surface area (Å²) in [5.41, 5.74) is -0.0726. The lowest BCUT2D eigenvalue weighted by atomic mass is 10.0. The Morgan fingerprint density at radius 3 is 2.50 bits per heavy atom. The van der Waals surface area contributed by atoms with E-state index in [0.29, 0.717) is 6.42 Å². The molecule has 0 aliphatic rings. The van der Waals surface area contributed by atoms with Crippen LogP contribution in [0, 0.1) is 0 Å². The minimum absolute atomic E-state index is 0.0252. The molecule has 0 saturated heterocycles. The summed E-state index contributed by atoms with van der Waals surface area (Å²) in [5, 5.41) is 3.09. The van der Waals surface area contributed by atoms with Crippen molar-refractivity contribution in [1.82, 2.24) is 5.16 Å². The summed E-state index contributed by atoms with van der Waals surface area (Å²) in [7, 11) is 0. The number of hydrogen-bond donors (Lipinski definition) is 0. The van der Waals surface area contributed by atoms with Gasteiger partial charge in [-0.3, -0.25) is 0 Å². The van der Waals surface area contributed by atoms with E-state index in [2.05, 4.69) is 16.3 Å². The van der Waals surface area contributed by atoms with Gasteiger partial charge in [0.2, 0.25) is 0 Å². The monoisotopic (exact) mass is 259 g/mol. The van der Waals surface area contributed by atoms with Crippen LogP contribution in [-0.4, -0.2) is 5.16 Å². The fourth-order valence-corrected chi connectivity index (χ4v) is 1.68. The highest BCUT2D eigenvalue weighted by molar-refractivity contribution is 5.64.